The van der Waals surface area contributed by atoms with Crippen LogP contribution in [0.1, 0.15) is 21.8 Å². The summed E-state index contributed by atoms with van der Waals surface area (Å²) in [5.41, 5.74) is 1.68. The average molecular weight is 394 g/mol. The van der Waals surface area contributed by atoms with Crippen LogP contribution in [0.5, 0.6) is 5.75 Å². The summed E-state index contributed by atoms with van der Waals surface area (Å²) in [6.07, 6.45) is 0. The zero-order valence-electron chi connectivity index (χ0n) is 16.6. The summed E-state index contributed by atoms with van der Waals surface area (Å²) in [5, 5.41) is 0. The summed E-state index contributed by atoms with van der Waals surface area (Å²) in [6.45, 7) is 3.27. The van der Waals surface area contributed by atoms with Crippen molar-refractivity contribution in [2.75, 3.05) is 46.5 Å². The predicted molar refractivity (Wildman–Crippen MR) is 109 cm³/mol. The van der Waals surface area contributed by atoms with E-state index in [2.05, 4.69) is 0 Å². The van der Waals surface area contributed by atoms with Crippen LogP contribution in [-0.2, 0) is 9.53 Å². The molecule has 0 radical (unpaired) electrons. The number of ether oxygens (including phenoxy) is 2. The molecule has 0 spiro atoms. The highest BCUT2D eigenvalue weighted by molar-refractivity contribution is 5.95. The Balaban J connectivity index is 1.61. The maximum Gasteiger partial charge on any atom is 0.253 e. The Morgan fingerprint density at radius 2 is 1.72 bits per heavy atom. The number of rotatable bonds is 4. The van der Waals surface area contributed by atoms with Gasteiger partial charge in [-0.2, -0.15) is 0 Å². The minimum Gasteiger partial charge on any atom is -0.497 e. The normalized spacial score (nSPS) is 21.8. The molecule has 6 nitrogen and oxygen atoms in total. The molecule has 0 N–H and O–H groups in total. The molecule has 2 amide bonds. The standard InChI is InChI=1S/C23H26N2O4/c1-28-19-9-5-8-18(14-19)20-15-25(22(26)17-6-3-2-4-7-17)16-21(20)23(27)24-10-12-29-13-11-24/h2-9,14,20-21H,10-13,15-16H2,1H3. The first kappa shape index (κ1) is 19.5. The number of amides is 2. The zero-order valence-corrected chi connectivity index (χ0v) is 16.6. The molecular weight excluding hydrogens is 368 g/mol. The van der Waals surface area contributed by atoms with Crippen molar-refractivity contribution in [2.45, 2.75) is 5.92 Å². The number of morpholine rings is 1. The molecule has 0 bridgehead atoms. The van der Waals surface area contributed by atoms with E-state index in [1.54, 1.807) is 7.11 Å². The minimum absolute atomic E-state index is 0.0317. The van der Waals surface area contributed by atoms with Gasteiger partial charge in [-0.3, -0.25) is 9.59 Å². The molecule has 2 unspecified atom stereocenters. The van der Waals surface area contributed by atoms with Gasteiger partial charge in [-0.25, -0.2) is 0 Å². The van der Waals surface area contributed by atoms with Crippen molar-refractivity contribution in [1.82, 2.24) is 9.80 Å². The number of hydrogen-bond acceptors (Lipinski definition) is 4. The third-order valence-electron chi connectivity index (χ3n) is 5.79. The number of likely N-dealkylation sites (tertiary alicyclic amines) is 1. The molecule has 29 heavy (non-hydrogen) atoms. The van der Waals surface area contributed by atoms with Crippen LogP contribution in [0.2, 0.25) is 0 Å². The van der Waals surface area contributed by atoms with Crippen molar-refractivity contribution >= 4 is 11.8 Å². The van der Waals surface area contributed by atoms with Gasteiger partial charge in [-0.1, -0.05) is 30.3 Å². The van der Waals surface area contributed by atoms with E-state index in [9.17, 15) is 9.59 Å². The fourth-order valence-corrected chi connectivity index (χ4v) is 4.21. The largest absolute Gasteiger partial charge is 0.497 e. The molecule has 2 fully saturated rings. The zero-order chi connectivity index (χ0) is 20.2. The molecule has 2 aliphatic rings. The molecule has 152 valence electrons. The lowest BCUT2D eigenvalue weighted by atomic mass is 9.87. The fourth-order valence-electron chi connectivity index (χ4n) is 4.21. The highest BCUT2D eigenvalue weighted by Crippen LogP contribution is 2.36. The lowest BCUT2D eigenvalue weighted by molar-refractivity contribution is -0.139. The Bertz CT molecular complexity index is 864. The number of hydrogen-bond donors (Lipinski definition) is 0. The van der Waals surface area contributed by atoms with Gasteiger partial charge >= 0.3 is 0 Å². The molecule has 0 saturated carbocycles. The fraction of sp³-hybridized carbons (Fsp3) is 0.391. The van der Waals surface area contributed by atoms with Gasteiger partial charge in [0, 0.05) is 37.7 Å². The van der Waals surface area contributed by atoms with E-state index in [1.165, 1.54) is 0 Å². The molecule has 0 aliphatic carbocycles. The van der Waals surface area contributed by atoms with Crippen LogP contribution in [0, 0.1) is 5.92 Å². The van der Waals surface area contributed by atoms with Crippen molar-refractivity contribution in [3.05, 3.63) is 65.7 Å². The average Bonchev–Trinajstić information content (AvgIpc) is 3.25. The van der Waals surface area contributed by atoms with E-state index >= 15 is 0 Å². The van der Waals surface area contributed by atoms with Crippen LogP contribution in [0.3, 0.4) is 0 Å². The van der Waals surface area contributed by atoms with Crippen LogP contribution in [0.15, 0.2) is 54.6 Å². The van der Waals surface area contributed by atoms with Crippen LogP contribution < -0.4 is 4.74 Å². The maximum atomic E-state index is 13.3. The Hall–Kier alpha value is -2.86. The molecule has 4 rings (SSSR count). The lowest BCUT2D eigenvalue weighted by Gasteiger charge is -2.30. The predicted octanol–water partition coefficient (Wildman–Crippen LogP) is 2.41. The summed E-state index contributed by atoms with van der Waals surface area (Å²) >= 11 is 0. The molecule has 2 heterocycles. The molecular formula is C23H26N2O4. The summed E-state index contributed by atoms with van der Waals surface area (Å²) in [4.78, 5) is 30.1. The molecule has 6 heteroatoms. The van der Waals surface area contributed by atoms with Gasteiger partial charge in [0.05, 0.1) is 26.2 Å². The quantitative estimate of drug-likeness (QED) is 0.799. The van der Waals surface area contributed by atoms with Gasteiger partial charge < -0.3 is 19.3 Å². The van der Waals surface area contributed by atoms with E-state index in [-0.39, 0.29) is 23.7 Å². The van der Waals surface area contributed by atoms with Gasteiger partial charge in [-0.15, -0.1) is 0 Å². The van der Waals surface area contributed by atoms with Crippen LogP contribution in [0.4, 0.5) is 0 Å². The first-order valence-electron chi connectivity index (χ1n) is 10.0. The van der Waals surface area contributed by atoms with Gasteiger partial charge in [0.2, 0.25) is 5.91 Å². The van der Waals surface area contributed by atoms with Crippen molar-refractivity contribution in [3.63, 3.8) is 0 Å². The minimum atomic E-state index is -0.270. The summed E-state index contributed by atoms with van der Waals surface area (Å²) in [6, 6.07) is 17.1. The summed E-state index contributed by atoms with van der Waals surface area (Å²) in [7, 11) is 1.63. The third-order valence-corrected chi connectivity index (χ3v) is 5.79. The van der Waals surface area contributed by atoms with Crippen LogP contribution in [0.25, 0.3) is 0 Å². The van der Waals surface area contributed by atoms with E-state index in [0.29, 0.717) is 45.0 Å². The van der Waals surface area contributed by atoms with Crippen molar-refractivity contribution in [1.29, 1.82) is 0 Å². The lowest BCUT2D eigenvalue weighted by Crippen LogP contribution is -2.45. The molecule has 2 aliphatic heterocycles. The van der Waals surface area contributed by atoms with Gasteiger partial charge in [0.15, 0.2) is 0 Å². The first-order chi connectivity index (χ1) is 14.2. The molecule has 2 saturated heterocycles. The molecule has 2 aromatic carbocycles. The molecule has 0 aromatic heterocycles. The van der Waals surface area contributed by atoms with Crippen molar-refractivity contribution < 1.29 is 19.1 Å². The Kier molecular flexibility index (Phi) is 5.81. The number of methoxy groups -OCH3 is 1. The number of nitrogens with zero attached hydrogens (tertiary/aromatic N) is 2. The molecule has 2 atom stereocenters. The Labute approximate surface area is 171 Å². The first-order valence-corrected chi connectivity index (χ1v) is 10.0. The highest BCUT2D eigenvalue weighted by Gasteiger charge is 2.42. The second kappa shape index (κ2) is 8.66. The van der Waals surface area contributed by atoms with E-state index in [4.69, 9.17) is 9.47 Å². The van der Waals surface area contributed by atoms with Crippen LogP contribution >= 0.6 is 0 Å². The van der Waals surface area contributed by atoms with Crippen molar-refractivity contribution in [3.8, 4) is 5.75 Å². The number of benzene rings is 2. The van der Waals surface area contributed by atoms with E-state index < -0.39 is 0 Å². The maximum absolute atomic E-state index is 13.3. The second-order valence-electron chi connectivity index (χ2n) is 7.50. The monoisotopic (exact) mass is 394 g/mol. The van der Waals surface area contributed by atoms with Crippen LogP contribution in [-0.4, -0.2) is 68.1 Å². The number of carbonyl (C=O) groups is 2. The smallest absolute Gasteiger partial charge is 0.253 e. The number of carbonyl (C=O) groups excluding carboxylic acids is 2. The van der Waals surface area contributed by atoms with Gasteiger partial charge in [0.1, 0.15) is 5.75 Å². The second-order valence-corrected chi connectivity index (χ2v) is 7.50. The topological polar surface area (TPSA) is 59.1 Å². The Morgan fingerprint density at radius 1 is 0.966 bits per heavy atom. The van der Waals surface area contributed by atoms with Gasteiger partial charge in [0.25, 0.3) is 5.91 Å². The van der Waals surface area contributed by atoms with E-state index in [0.717, 1.165) is 11.3 Å². The highest BCUT2D eigenvalue weighted by atomic mass is 16.5. The van der Waals surface area contributed by atoms with Crippen molar-refractivity contribution in [2.24, 2.45) is 5.92 Å². The summed E-state index contributed by atoms with van der Waals surface area (Å²) < 4.78 is 10.8. The molecule has 2 aromatic rings. The Morgan fingerprint density at radius 3 is 2.45 bits per heavy atom. The third kappa shape index (κ3) is 4.12. The van der Waals surface area contributed by atoms with E-state index in [1.807, 2.05) is 64.4 Å². The summed E-state index contributed by atoms with van der Waals surface area (Å²) in [5.74, 6) is 0.495. The van der Waals surface area contributed by atoms with Gasteiger partial charge in [-0.05, 0) is 29.8 Å². The SMILES string of the molecule is COc1cccc(C2CN(C(=O)c3ccccc3)CC2C(=O)N2CCOCC2)c1.